The average molecular weight is 346 g/mol. The molecule has 0 unspecified atom stereocenters. The minimum atomic E-state index is -4.53. The molecule has 24 heavy (non-hydrogen) atoms. The van der Waals surface area contributed by atoms with Crippen molar-refractivity contribution in [3.05, 3.63) is 48.3 Å². The van der Waals surface area contributed by atoms with Gasteiger partial charge in [-0.15, -0.1) is 11.3 Å². The molecule has 4 aromatic rings. The van der Waals surface area contributed by atoms with Gasteiger partial charge in [-0.1, -0.05) is 30.3 Å². The van der Waals surface area contributed by atoms with E-state index < -0.39 is 11.7 Å². The van der Waals surface area contributed by atoms with Crippen LogP contribution in [0.4, 0.5) is 19.0 Å². The van der Waals surface area contributed by atoms with Crippen molar-refractivity contribution in [2.24, 2.45) is 0 Å². The number of alkyl halides is 3. The highest BCUT2D eigenvalue weighted by molar-refractivity contribution is 7.26. The lowest BCUT2D eigenvalue weighted by atomic mass is 10.1. The van der Waals surface area contributed by atoms with Crippen LogP contribution in [0.1, 0.15) is 5.56 Å². The molecular formula is C16H9F3N4S. The molecule has 0 spiro atoms. The van der Waals surface area contributed by atoms with Crippen LogP contribution in [-0.4, -0.2) is 15.0 Å². The summed E-state index contributed by atoms with van der Waals surface area (Å²) in [6.07, 6.45) is -3.37. The van der Waals surface area contributed by atoms with Gasteiger partial charge in [0.2, 0.25) is 0 Å². The fraction of sp³-hybridized carbons (Fsp3) is 0.0625. The van der Waals surface area contributed by atoms with E-state index in [1.54, 1.807) is 30.3 Å². The Balaban J connectivity index is 2.14. The lowest BCUT2D eigenvalue weighted by Crippen LogP contribution is -2.06. The second kappa shape index (κ2) is 5.13. The molecule has 0 saturated heterocycles. The van der Waals surface area contributed by atoms with Crippen molar-refractivity contribution in [3.8, 4) is 11.3 Å². The topological polar surface area (TPSA) is 64.7 Å². The Morgan fingerprint density at radius 2 is 1.79 bits per heavy atom. The van der Waals surface area contributed by atoms with Gasteiger partial charge in [-0.25, -0.2) is 15.0 Å². The lowest BCUT2D eigenvalue weighted by molar-refractivity contribution is -0.136. The van der Waals surface area contributed by atoms with Gasteiger partial charge in [0.05, 0.1) is 26.9 Å². The van der Waals surface area contributed by atoms with Crippen LogP contribution < -0.4 is 5.73 Å². The third-order valence-corrected chi connectivity index (χ3v) is 4.72. The second-order valence-electron chi connectivity index (χ2n) is 5.14. The minimum Gasteiger partial charge on any atom is -0.382 e. The minimum absolute atomic E-state index is 0.0312. The highest BCUT2D eigenvalue weighted by Crippen LogP contribution is 2.43. The van der Waals surface area contributed by atoms with Crippen molar-refractivity contribution in [1.82, 2.24) is 15.0 Å². The summed E-state index contributed by atoms with van der Waals surface area (Å²) < 4.78 is 41.3. The molecule has 1 aromatic carbocycles. The van der Waals surface area contributed by atoms with E-state index in [0.717, 1.165) is 23.7 Å². The highest BCUT2D eigenvalue weighted by atomic mass is 32.1. The number of halogens is 3. The van der Waals surface area contributed by atoms with E-state index >= 15 is 0 Å². The van der Waals surface area contributed by atoms with Crippen LogP contribution >= 0.6 is 11.3 Å². The molecule has 0 radical (unpaired) electrons. The van der Waals surface area contributed by atoms with E-state index in [0.29, 0.717) is 10.3 Å². The Bertz CT molecular complexity index is 1060. The molecule has 0 saturated carbocycles. The number of thiophene rings is 1. The number of hydrogen-bond acceptors (Lipinski definition) is 5. The number of fused-ring (bicyclic) bond motifs is 3. The SMILES string of the molecule is Nc1ncnc2c1sc1nc(-c3ccccc3)cc(C(F)(F)F)c12. The molecule has 0 aliphatic carbocycles. The number of anilines is 1. The zero-order chi connectivity index (χ0) is 16.9. The summed E-state index contributed by atoms with van der Waals surface area (Å²) in [6, 6.07) is 9.79. The molecule has 120 valence electrons. The first-order valence-corrected chi connectivity index (χ1v) is 7.73. The van der Waals surface area contributed by atoms with Gasteiger partial charge in [0.25, 0.3) is 0 Å². The fourth-order valence-electron chi connectivity index (χ4n) is 2.57. The molecule has 0 aliphatic heterocycles. The fourth-order valence-corrected chi connectivity index (χ4v) is 3.62. The summed E-state index contributed by atoms with van der Waals surface area (Å²) in [5.41, 5.74) is 6.06. The summed E-state index contributed by atoms with van der Waals surface area (Å²) in [5.74, 6) is 0.150. The van der Waals surface area contributed by atoms with Crippen molar-refractivity contribution in [2.45, 2.75) is 6.18 Å². The lowest BCUT2D eigenvalue weighted by Gasteiger charge is -2.10. The Morgan fingerprint density at radius 3 is 2.50 bits per heavy atom. The summed E-state index contributed by atoms with van der Waals surface area (Å²) in [5, 5.41) is -0.0312. The predicted molar refractivity (Wildman–Crippen MR) is 87.6 cm³/mol. The summed E-state index contributed by atoms with van der Waals surface area (Å²) in [7, 11) is 0. The Morgan fingerprint density at radius 1 is 1.04 bits per heavy atom. The van der Waals surface area contributed by atoms with Gasteiger partial charge in [0, 0.05) is 5.56 Å². The standard InChI is InChI=1S/C16H9F3N4S/c17-16(18,19)9-6-10(8-4-2-1-3-5-8)23-15-11(9)12-13(24-15)14(20)22-7-21-12/h1-7H,(H2,20,21,22). The Hall–Kier alpha value is -2.74. The number of pyridine rings is 1. The first-order chi connectivity index (χ1) is 11.4. The maximum Gasteiger partial charge on any atom is 0.417 e. The van der Waals surface area contributed by atoms with Gasteiger partial charge in [0.15, 0.2) is 0 Å². The predicted octanol–water partition coefficient (Wildman–Crippen LogP) is 4.51. The first kappa shape index (κ1) is 14.8. The molecule has 0 aliphatic rings. The number of rotatable bonds is 1. The van der Waals surface area contributed by atoms with Crippen LogP contribution in [0.2, 0.25) is 0 Å². The number of aromatic nitrogens is 3. The summed E-state index contributed by atoms with van der Waals surface area (Å²) >= 11 is 1.07. The Labute approximate surface area is 137 Å². The number of nitrogens with zero attached hydrogens (tertiary/aromatic N) is 3. The molecule has 4 rings (SSSR count). The van der Waals surface area contributed by atoms with Crippen molar-refractivity contribution in [2.75, 3.05) is 5.73 Å². The van der Waals surface area contributed by atoms with Crippen molar-refractivity contribution >= 4 is 37.6 Å². The molecule has 0 bridgehead atoms. The zero-order valence-corrected chi connectivity index (χ0v) is 12.8. The van der Waals surface area contributed by atoms with Gasteiger partial charge >= 0.3 is 6.18 Å². The smallest absolute Gasteiger partial charge is 0.382 e. The van der Waals surface area contributed by atoms with Gasteiger partial charge in [-0.3, -0.25) is 0 Å². The first-order valence-electron chi connectivity index (χ1n) is 6.91. The van der Waals surface area contributed by atoms with E-state index in [4.69, 9.17) is 5.73 Å². The van der Waals surface area contributed by atoms with Crippen LogP contribution in [0.15, 0.2) is 42.7 Å². The van der Waals surface area contributed by atoms with Crippen molar-refractivity contribution in [1.29, 1.82) is 0 Å². The van der Waals surface area contributed by atoms with Crippen LogP contribution in [0.5, 0.6) is 0 Å². The van der Waals surface area contributed by atoms with E-state index in [1.807, 2.05) is 0 Å². The summed E-state index contributed by atoms with van der Waals surface area (Å²) in [6.45, 7) is 0. The quantitative estimate of drug-likeness (QED) is 0.551. The van der Waals surface area contributed by atoms with Gasteiger partial charge in [-0.2, -0.15) is 13.2 Å². The normalized spacial score (nSPS) is 12.1. The van der Waals surface area contributed by atoms with Gasteiger partial charge in [-0.05, 0) is 6.07 Å². The molecule has 2 N–H and O–H groups in total. The molecular weight excluding hydrogens is 337 g/mol. The largest absolute Gasteiger partial charge is 0.417 e. The van der Waals surface area contributed by atoms with E-state index in [-0.39, 0.29) is 27.2 Å². The molecule has 0 atom stereocenters. The number of nitrogen functional groups attached to an aromatic ring is 1. The van der Waals surface area contributed by atoms with E-state index in [9.17, 15) is 13.2 Å². The van der Waals surface area contributed by atoms with Crippen molar-refractivity contribution < 1.29 is 13.2 Å². The molecule has 3 aromatic heterocycles. The number of benzene rings is 1. The molecule has 8 heteroatoms. The van der Waals surface area contributed by atoms with E-state index in [1.165, 1.54) is 0 Å². The number of nitrogens with two attached hydrogens (primary N) is 1. The number of hydrogen-bond donors (Lipinski definition) is 1. The second-order valence-corrected chi connectivity index (χ2v) is 6.14. The van der Waals surface area contributed by atoms with Crippen LogP contribution in [-0.2, 0) is 6.18 Å². The van der Waals surface area contributed by atoms with Crippen LogP contribution in [0, 0.1) is 0 Å². The third-order valence-electron chi connectivity index (χ3n) is 3.63. The summed E-state index contributed by atoms with van der Waals surface area (Å²) in [4.78, 5) is 12.5. The maximum atomic E-state index is 13.6. The maximum absolute atomic E-state index is 13.6. The Kier molecular flexibility index (Phi) is 3.17. The van der Waals surface area contributed by atoms with Gasteiger partial charge < -0.3 is 5.73 Å². The highest BCUT2D eigenvalue weighted by Gasteiger charge is 2.35. The molecule has 0 fully saturated rings. The third kappa shape index (κ3) is 2.26. The monoisotopic (exact) mass is 346 g/mol. The van der Waals surface area contributed by atoms with Crippen LogP contribution in [0.25, 0.3) is 31.7 Å². The molecule has 4 nitrogen and oxygen atoms in total. The molecule has 3 heterocycles. The average Bonchev–Trinajstić information content (AvgIpc) is 2.94. The molecule has 0 amide bonds. The van der Waals surface area contributed by atoms with E-state index in [2.05, 4.69) is 15.0 Å². The van der Waals surface area contributed by atoms with Crippen LogP contribution in [0.3, 0.4) is 0 Å². The zero-order valence-electron chi connectivity index (χ0n) is 12.0. The van der Waals surface area contributed by atoms with Crippen molar-refractivity contribution in [3.63, 3.8) is 0 Å². The van der Waals surface area contributed by atoms with Gasteiger partial charge in [0.1, 0.15) is 17.0 Å².